The van der Waals surface area contributed by atoms with Crippen molar-refractivity contribution in [3.63, 3.8) is 0 Å². The summed E-state index contributed by atoms with van der Waals surface area (Å²) >= 11 is 0. The lowest BCUT2D eigenvalue weighted by Crippen LogP contribution is -2.08. The number of hydrogen-bond donors (Lipinski definition) is 1. The first-order chi connectivity index (χ1) is 15.3. The van der Waals surface area contributed by atoms with Crippen LogP contribution < -0.4 is 9.47 Å². The van der Waals surface area contributed by atoms with E-state index in [1.165, 1.54) is 25.4 Å². The second-order valence-corrected chi connectivity index (χ2v) is 6.70. The molecule has 4 aromatic rings. The first kappa shape index (κ1) is 21.3. The van der Waals surface area contributed by atoms with Gasteiger partial charge in [0.1, 0.15) is 29.6 Å². The molecule has 0 atom stereocenters. The van der Waals surface area contributed by atoms with Gasteiger partial charge in [-0.3, -0.25) is 4.98 Å². The Morgan fingerprint density at radius 1 is 1.00 bits per heavy atom. The van der Waals surface area contributed by atoms with E-state index in [0.29, 0.717) is 39.7 Å². The van der Waals surface area contributed by atoms with Crippen molar-refractivity contribution in [2.24, 2.45) is 0 Å². The van der Waals surface area contributed by atoms with Gasteiger partial charge in [-0.25, -0.2) is 9.97 Å². The normalized spacial score (nSPS) is 11.4. The Hall–Kier alpha value is -3.95. The maximum Gasteiger partial charge on any atom is 0.433 e. The minimum absolute atomic E-state index is 0.0394. The van der Waals surface area contributed by atoms with Crippen molar-refractivity contribution in [2.75, 3.05) is 7.11 Å². The molecule has 0 fully saturated rings. The highest BCUT2D eigenvalue weighted by molar-refractivity contribution is 5.70. The Bertz CT molecular complexity index is 1210. The summed E-state index contributed by atoms with van der Waals surface area (Å²) in [5.41, 5.74) is 1.45. The van der Waals surface area contributed by atoms with Gasteiger partial charge in [-0.1, -0.05) is 6.07 Å². The number of aromatic nitrogens is 4. The lowest BCUT2D eigenvalue weighted by atomic mass is 10.1. The molecular formula is C22H16F4N4O2. The highest BCUT2D eigenvalue weighted by Gasteiger charge is 2.32. The Morgan fingerprint density at radius 3 is 2.50 bits per heavy atom. The summed E-state index contributed by atoms with van der Waals surface area (Å²) in [5, 5.41) is 0. The Morgan fingerprint density at radius 2 is 1.84 bits per heavy atom. The van der Waals surface area contributed by atoms with Crippen LogP contribution in [0.3, 0.4) is 0 Å². The number of H-pyrrole nitrogens is 1. The maximum atomic E-state index is 13.0. The molecule has 0 spiro atoms. The molecule has 10 heteroatoms. The number of imidazole rings is 1. The zero-order valence-corrected chi connectivity index (χ0v) is 16.7. The third-order valence-electron chi connectivity index (χ3n) is 4.55. The number of aromatic amines is 1. The van der Waals surface area contributed by atoms with Crippen molar-refractivity contribution in [3.05, 3.63) is 78.3 Å². The van der Waals surface area contributed by atoms with Gasteiger partial charge < -0.3 is 14.5 Å². The number of rotatable bonds is 6. The summed E-state index contributed by atoms with van der Waals surface area (Å²) in [4.78, 5) is 14.6. The Kier molecular flexibility index (Phi) is 5.76. The molecule has 32 heavy (non-hydrogen) atoms. The van der Waals surface area contributed by atoms with Gasteiger partial charge in [0.15, 0.2) is 0 Å². The number of nitrogens with zero attached hydrogens (tertiary/aromatic N) is 3. The van der Waals surface area contributed by atoms with Crippen LogP contribution in [-0.4, -0.2) is 27.0 Å². The van der Waals surface area contributed by atoms with Crippen LogP contribution in [0.15, 0.2) is 61.1 Å². The lowest BCUT2D eigenvalue weighted by molar-refractivity contribution is -0.141. The second kappa shape index (κ2) is 8.66. The minimum atomic E-state index is -4.48. The van der Waals surface area contributed by atoms with Crippen molar-refractivity contribution in [3.8, 4) is 34.1 Å². The van der Waals surface area contributed by atoms with Gasteiger partial charge in [-0.2, -0.15) is 17.6 Å². The number of halogens is 4. The number of pyridine rings is 2. The molecule has 6 nitrogen and oxygen atoms in total. The van der Waals surface area contributed by atoms with E-state index in [0.717, 1.165) is 12.3 Å². The highest BCUT2D eigenvalue weighted by Crippen LogP contribution is 2.34. The number of benzene rings is 1. The molecule has 0 aliphatic heterocycles. The van der Waals surface area contributed by atoms with E-state index >= 15 is 0 Å². The summed E-state index contributed by atoms with van der Waals surface area (Å²) < 4.78 is 62.0. The Labute approximate surface area is 179 Å². The second-order valence-electron chi connectivity index (χ2n) is 6.70. The monoisotopic (exact) mass is 444 g/mol. The van der Waals surface area contributed by atoms with Crippen LogP contribution in [0.4, 0.5) is 17.6 Å². The van der Waals surface area contributed by atoms with E-state index in [4.69, 9.17) is 9.47 Å². The first-order valence-electron chi connectivity index (χ1n) is 9.34. The van der Waals surface area contributed by atoms with Crippen LogP contribution in [0, 0.1) is 5.95 Å². The molecule has 3 heterocycles. The van der Waals surface area contributed by atoms with Crippen LogP contribution in [0.1, 0.15) is 11.3 Å². The average molecular weight is 444 g/mol. The van der Waals surface area contributed by atoms with Crippen LogP contribution in [-0.2, 0) is 12.8 Å². The summed E-state index contributed by atoms with van der Waals surface area (Å²) in [6.45, 7) is 0.0394. The first-order valence-corrected chi connectivity index (χ1v) is 9.34. The van der Waals surface area contributed by atoms with Gasteiger partial charge in [-0.15, -0.1) is 0 Å². The third kappa shape index (κ3) is 4.69. The number of nitrogens with one attached hydrogen (secondary N) is 1. The van der Waals surface area contributed by atoms with E-state index in [9.17, 15) is 17.6 Å². The molecule has 4 rings (SSSR count). The molecule has 3 aromatic heterocycles. The van der Waals surface area contributed by atoms with Crippen molar-refractivity contribution in [2.45, 2.75) is 12.8 Å². The molecule has 0 saturated carbocycles. The smallest absolute Gasteiger partial charge is 0.433 e. The summed E-state index contributed by atoms with van der Waals surface area (Å²) in [5.74, 6) is 0.891. The van der Waals surface area contributed by atoms with Crippen molar-refractivity contribution >= 4 is 0 Å². The molecule has 1 N–H and O–H groups in total. The SMILES string of the molecule is COc1cc(OCc2ccc(C(F)(F)F)nc2)ccc1-c1c[nH]c(-c2ccc(F)nc2)n1. The van der Waals surface area contributed by atoms with Gasteiger partial charge in [0, 0.05) is 41.3 Å². The zero-order valence-electron chi connectivity index (χ0n) is 16.7. The molecule has 164 valence electrons. The number of hydrogen-bond acceptors (Lipinski definition) is 5. The van der Waals surface area contributed by atoms with Gasteiger partial charge in [0.2, 0.25) is 5.95 Å². The maximum absolute atomic E-state index is 13.0. The molecule has 0 aliphatic rings. The molecule has 0 saturated heterocycles. The number of methoxy groups -OCH3 is 1. The largest absolute Gasteiger partial charge is 0.496 e. The number of ether oxygens (including phenoxy) is 2. The van der Waals surface area contributed by atoms with Gasteiger partial charge in [0.05, 0.1) is 12.8 Å². The molecule has 1 aromatic carbocycles. The predicted molar refractivity (Wildman–Crippen MR) is 107 cm³/mol. The molecule has 0 unspecified atom stereocenters. The van der Waals surface area contributed by atoms with Crippen LogP contribution >= 0.6 is 0 Å². The average Bonchev–Trinajstić information content (AvgIpc) is 3.27. The molecule has 0 bridgehead atoms. The summed E-state index contributed by atoms with van der Waals surface area (Å²) in [6.07, 6.45) is -0.293. The molecule has 0 amide bonds. The molecule has 0 aliphatic carbocycles. The van der Waals surface area contributed by atoms with Crippen molar-refractivity contribution in [1.82, 2.24) is 19.9 Å². The fraction of sp³-hybridized carbons (Fsp3) is 0.136. The van der Waals surface area contributed by atoms with E-state index < -0.39 is 17.8 Å². The highest BCUT2D eigenvalue weighted by atomic mass is 19.4. The van der Waals surface area contributed by atoms with Crippen LogP contribution in [0.25, 0.3) is 22.6 Å². The summed E-state index contributed by atoms with van der Waals surface area (Å²) in [6, 6.07) is 10.1. The van der Waals surface area contributed by atoms with E-state index in [2.05, 4.69) is 19.9 Å². The van der Waals surface area contributed by atoms with E-state index in [-0.39, 0.29) is 6.61 Å². The lowest BCUT2D eigenvalue weighted by Gasteiger charge is -2.11. The predicted octanol–water partition coefficient (Wildman–Crippen LogP) is 5.28. The standard InChI is InChI=1S/C22H16F4N4O2/c1-31-18-8-15(32-12-13-2-6-19(27-9-13)22(24,25)26)4-5-16(18)17-11-29-21(30-17)14-3-7-20(23)28-10-14/h2-11H,12H2,1H3,(H,29,30). The van der Waals surface area contributed by atoms with Gasteiger partial charge >= 0.3 is 6.18 Å². The van der Waals surface area contributed by atoms with E-state index in [1.54, 1.807) is 30.5 Å². The molecule has 0 radical (unpaired) electrons. The van der Waals surface area contributed by atoms with Gasteiger partial charge in [-0.05, 0) is 30.3 Å². The fourth-order valence-corrected chi connectivity index (χ4v) is 2.94. The van der Waals surface area contributed by atoms with E-state index in [1.807, 2.05) is 0 Å². The molecular weight excluding hydrogens is 428 g/mol. The fourth-order valence-electron chi connectivity index (χ4n) is 2.94. The topological polar surface area (TPSA) is 72.9 Å². The van der Waals surface area contributed by atoms with Gasteiger partial charge in [0.25, 0.3) is 0 Å². The van der Waals surface area contributed by atoms with Crippen molar-refractivity contribution < 1.29 is 27.0 Å². The Balaban J connectivity index is 1.49. The van der Waals surface area contributed by atoms with Crippen LogP contribution in [0.5, 0.6) is 11.5 Å². The zero-order chi connectivity index (χ0) is 22.7. The number of alkyl halides is 3. The third-order valence-corrected chi connectivity index (χ3v) is 4.55. The minimum Gasteiger partial charge on any atom is -0.496 e. The quantitative estimate of drug-likeness (QED) is 0.324. The van der Waals surface area contributed by atoms with Crippen molar-refractivity contribution in [1.29, 1.82) is 0 Å². The summed E-state index contributed by atoms with van der Waals surface area (Å²) in [7, 11) is 1.50. The van der Waals surface area contributed by atoms with Crippen LogP contribution in [0.2, 0.25) is 0 Å².